The quantitative estimate of drug-likeness (QED) is 0.402. The highest BCUT2D eigenvalue weighted by Gasteiger charge is 2.36. The summed E-state index contributed by atoms with van der Waals surface area (Å²) in [6.45, 7) is 2.89. The van der Waals surface area contributed by atoms with Crippen molar-refractivity contribution in [3.8, 4) is 5.75 Å². The van der Waals surface area contributed by atoms with Gasteiger partial charge in [-0.15, -0.1) is 0 Å². The Morgan fingerprint density at radius 1 is 1.12 bits per heavy atom. The van der Waals surface area contributed by atoms with E-state index in [0.29, 0.717) is 41.6 Å². The lowest BCUT2D eigenvalue weighted by Gasteiger charge is -2.34. The van der Waals surface area contributed by atoms with Crippen LogP contribution < -0.4 is 4.74 Å². The number of hydrogen-bond acceptors (Lipinski definition) is 5. The van der Waals surface area contributed by atoms with E-state index in [1.165, 1.54) is 0 Å². The molecule has 1 heterocycles. The highest BCUT2D eigenvalue weighted by atomic mass is 35.5. The van der Waals surface area contributed by atoms with Crippen LogP contribution >= 0.6 is 11.6 Å². The SMILES string of the molecule is COCCCN1C(=O)CC(c2ccc(Cl)cc2)C(C(=O)OCc2ccccc2OC)=C1C. The summed E-state index contributed by atoms with van der Waals surface area (Å²) >= 11 is 6.04. The normalized spacial score (nSPS) is 16.3. The molecule has 6 nitrogen and oxygen atoms in total. The minimum absolute atomic E-state index is 0.0279. The molecule has 0 saturated heterocycles. The predicted molar refractivity (Wildman–Crippen MR) is 123 cm³/mol. The zero-order valence-electron chi connectivity index (χ0n) is 18.6. The van der Waals surface area contributed by atoms with Crippen molar-refractivity contribution in [2.24, 2.45) is 0 Å². The lowest BCUT2D eigenvalue weighted by atomic mass is 9.83. The van der Waals surface area contributed by atoms with Crippen molar-refractivity contribution >= 4 is 23.5 Å². The molecular weight excluding hydrogens is 430 g/mol. The summed E-state index contributed by atoms with van der Waals surface area (Å²) in [6, 6.07) is 14.6. The van der Waals surface area contributed by atoms with Gasteiger partial charge in [0.1, 0.15) is 12.4 Å². The number of methoxy groups -OCH3 is 2. The first-order chi connectivity index (χ1) is 15.5. The molecule has 0 N–H and O–H groups in total. The maximum atomic E-state index is 13.3. The molecule has 0 radical (unpaired) electrons. The Morgan fingerprint density at radius 2 is 1.84 bits per heavy atom. The average molecular weight is 458 g/mol. The number of halogens is 1. The van der Waals surface area contributed by atoms with Crippen molar-refractivity contribution in [1.82, 2.24) is 4.90 Å². The van der Waals surface area contributed by atoms with Gasteiger partial charge in [-0.2, -0.15) is 0 Å². The van der Waals surface area contributed by atoms with Crippen LogP contribution in [0.15, 0.2) is 59.8 Å². The van der Waals surface area contributed by atoms with E-state index in [4.69, 9.17) is 25.8 Å². The van der Waals surface area contributed by atoms with Crippen LogP contribution in [0.3, 0.4) is 0 Å². The molecule has 0 spiro atoms. The van der Waals surface area contributed by atoms with Crippen LogP contribution in [0, 0.1) is 0 Å². The van der Waals surface area contributed by atoms with E-state index in [9.17, 15) is 9.59 Å². The van der Waals surface area contributed by atoms with Crippen LogP contribution in [0.25, 0.3) is 0 Å². The molecule has 1 aliphatic heterocycles. The van der Waals surface area contributed by atoms with Crippen molar-refractivity contribution in [2.45, 2.75) is 32.3 Å². The highest BCUT2D eigenvalue weighted by Crippen LogP contribution is 2.37. The minimum Gasteiger partial charge on any atom is -0.496 e. The maximum Gasteiger partial charge on any atom is 0.336 e. The molecule has 2 aromatic rings. The number of benzene rings is 2. The van der Waals surface area contributed by atoms with Crippen LogP contribution in [-0.2, 0) is 25.7 Å². The highest BCUT2D eigenvalue weighted by molar-refractivity contribution is 6.30. The van der Waals surface area contributed by atoms with Crippen molar-refractivity contribution in [3.05, 3.63) is 76.0 Å². The Labute approximate surface area is 193 Å². The molecule has 0 bridgehead atoms. The fourth-order valence-corrected chi connectivity index (χ4v) is 4.07. The first-order valence-electron chi connectivity index (χ1n) is 10.5. The smallest absolute Gasteiger partial charge is 0.336 e. The number of hydrogen-bond donors (Lipinski definition) is 0. The molecule has 2 aromatic carbocycles. The van der Waals surface area contributed by atoms with E-state index in [-0.39, 0.29) is 18.9 Å². The molecule has 1 atom stereocenters. The first kappa shape index (κ1) is 23.8. The number of para-hydroxylation sites is 1. The van der Waals surface area contributed by atoms with Crippen molar-refractivity contribution in [2.75, 3.05) is 27.4 Å². The number of carbonyl (C=O) groups is 2. The molecule has 1 amide bonds. The van der Waals surface area contributed by atoms with Gasteiger partial charge in [0.25, 0.3) is 0 Å². The van der Waals surface area contributed by atoms with Gasteiger partial charge in [0.2, 0.25) is 5.91 Å². The molecule has 0 aliphatic carbocycles. The second kappa shape index (κ2) is 11.2. The Balaban J connectivity index is 1.91. The number of rotatable bonds is 9. The molecule has 7 heteroatoms. The molecule has 0 saturated carbocycles. The largest absolute Gasteiger partial charge is 0.496 e. The summed E-state index contributed by atoms with van der Waals surface area (Å²) < 4.78 is 16.2. The Hall–Kier alpha value is -2.83. The Kier molecular flexibility index (Phi) is 8.31. The number of esters is 1. The van der Waals surface area contributed by atoms with E-state index in [1.807, 2.05) is 36.4 Å². The molecule has 32 heavy (non-hydrogen) atoms. The predicted octanol–water partition coefficient (Wildman–Crippen LogP) is 4.72. The third-order valence-corrected chi connectivity index (χ3v) is 5.85. The van der Waals surface area contributed by atoms with Crippen LogP contribution in [0.1, 0.15) is 36.8 Å². The Morgan fingerprint density at radius 3 is 2.53 bits per heavy atom. The fourth-order valence-electron chi connectivity index (χ4n) is 3.94. The molecular formula is C25H28ClNO5. The molecule has 1 aliphatic rings. The van der Waals surface area contributed by atoms with Crippen molar-refractivity contribution in [1.29, 1.82) is 0 Å². The Bertz CT molecular complexity index is 986. The standard InChI is InChI=1S/C25H28ClNO5/c1-17-24(25(29)32-16-19-7-4-5-8-22(19)31-3)21(18-9-11-20(26)12-10-18)15-23(28)27(17)13-6-14-30-2/h4-5,7-12,21H,6,13-16H2,1-3H3. The summed E-state index contributed by atoms with van der Waals surface area (Å²) in [7, 11) is 3.20. The molecule has 0 aromatic heterocycles. The number of allylic oxidation sites excluding steroid dienone is 1. The topological polar surface area (TPSA) is 65.1 Å². The summed E-state index contributed by atoms with van der Waals surface area (Å²) in [5.41, 5.74) is 2.72. The summed E-state index contributed by atoms with van der Waals surface area (Å²) in [5, 5.41) is 0.595. The van der Waals surface area contributed by atoms with Crippen LogP contribution in [0.4, 0.5) is 0 Å². The van der Waals surface area contributed by atoms with E-state index >= 15 is 0 Å². The van der Waals surface area contributed by atoms with E-state index < -0.39 is 11.9 Å². The monoisotopic (exact) mass is 457 g/mol. The van der Waals surface area contributed by atoms with Gasteiger partial charge in [0.15, 0.2) is 0 Å². The van der Waals surface area contributed by atoms with Crippen molar-refractivity contribution in [3.63, 3.8) is 0 Å². The molecule has 1 unspecified atom stereocenters. The first-order valence-corrected chi connectivity index (χ1v) is 10.9. The second-order valence-electron chi connectivity index (χ2n) is 7.59. The van der Waals surface area contributed by atoms with Gasteiger partial charge in [-0.25, -0.2) is 4.79 Å². The van der Waals surface area contributed by atoms with Gasteiger partial charge in [-0.1, -0.05) is 41.9 Å². The molecule has 0 fully saturated rings. The van der Waals surface area contributed by atoms with Gasteiger partial charge in [0.05, 0.1) is 12.7 Å². The summed E-state index contributed by atoms with van der Waals surface area (Å²) in [5.74, 6) is -0.221. The molecule has 3 rings (SSSR count). The number of nitrogens with zero attached hydrogens (tertiary/aromatic N) is 1. The number of amides is 1. The average Bonchev–Trinajstić information content (AvgIpc) is 2.80. The molecule has 170 valence electrons. The minimum atomic E-state index is -0.447. The third kappa shape index (κ3) is 5.50. The van der Waals surface area contributed by atoms with Gasteiger partial charge in [0, 0.05) is 48.9 Å². The van der Waals surface area contributed by atoms with E-state index in [0.717, 1.165) is 11.1 Å². The van der Waals surface area contributed by atoms with Crippen LogP contribution in [0.5, 0.6) is 5.75 Å². The lowest BCUT2D eigenvalue weighted by molar-refractivity contribution is -0.141. The van der Waals surface area contributed by atoms with Gasteiger partial charge >= 0.3 is 5.97 Å². The maximum absolute atomic E-state index is 13.3. The number of carbonyl (C=O) groups excluding carboxylic acids is 2. The number of ether oxygens (including phenoxy) is 3. The van der Waals surface area contributed by atoms with Gasteiger partial charge in [-0.05, 0) is 37.1 Å². The van der Waals surface area contributed by atoms with Gasteiger partial charge < -0.3 is 19.1 Å². The van der Waals surface area contributed by atoms with Crippen LogP contribution in [-0.4, -0.2) is 44.1 Å². The van der Waals surface area contributed by atoms with Crippen LogP contribution in [0.2, 0.25) is 5.02 Å². The summed E-state index contributed by atoms with van der Waals surface area (Å²) in [6.07, 6.45) is 0.861. The van der Waals surface area contributed by atoms with E-state index in [2.05, 4.69) is 0 Å². The zero-order chi connectivity index (χ0) is 23.1. The fraction of sp³-hybridized carbons (Fsp3) is 0.360. The summed E-state index contributed by atoms with van der Waals surface area (Å²) in [4.78, 5) is 27.9. The lowest BCUT2D eigenvalue weighted by Crippen LogP contribution is -2.39. The third-order valence-electron chi connectivity index (χ3n) is 5.60. The van der Waals surface area contributed by atoms with Gasteiger partial charge in [-0.3, -0.25) is 4.79 Å². The second-order valence-corrected chi connectivity index (χ2v) is 8.02. The van der Waals surface area contributed by atoms with E-state index in [1.54, 1.807) is 38.2 Å². The zero-order valence-corrected chi connectivity index (χ0v) is 19.4. The van der Waals surface area contributed by atoms with Crippen molar-refractivity contribution < 1.29 is 23.8 Å².